The van der Waals surface area contributed by atoms with E-state index in [2.05, 4.69) is 49.1 Å². The van der Waals surface area contributed by atoms with E-state index in [1.165, 1.54) is 10.5 Å². The van der Waals surface area contributed by atoms with E-state index in [0.29, 0.717) is 6.54 Å². The van der Waals surface area contributed by atoms with Gasteiger partial charge in [-0.2, -0.15) is 12.6 Å². The van der Waals surface area contributed by atoms with Crippen molar-refractivity contribution in [3.05, 3.63) is 29.8 Å². The van der Waals surface area contributed by atoms with E-state index in [1.54, 1.807) is 0 Å². The van der Waals surface area contributed by atoms with Gasteiger partial charge in [-0.1, -0.05) is 19.1 Å². The van der Waals surface area contributed by atoms with Crippen LogP contribution in [0.5, 0.6) is 0 Å². The van der Waals surface area contributed by atoms with E-state index in [-0.39, 0.29) is 11.7 Å². The summed E-state index contributed by atoms with van der Waals surface area (Å²) in [6.45, 7) is 2.82. The first-order valence-electron chi connectivity index (χ1n) is 5.35. The number of hydrogen-bond donors (Lipinski definition) is 2. The SMILES string of the molecule is CCSc1ccc(CCNC(=O)CS)cc1. The van der Waals surface area contributed by atoms with Crippen LogP contribution in [-0.4, -0.2) is 24.0 Å². The van der Waals surface area contributed by atoms with Crippen molar-refractivity contribution >= 4 is 30.3 Å². The Kier molecular flexibility index (Phi) is 6.42. The third-order valence-electron chi connectivity index (χ3n) is 2.11. The summed E-state index contributed by atoms with van der Waals surface area (Å²) >= 11 is 5.73. The second-order valence-corrected chi connectivity index (χ2v) is 4.99. The van der Waals surface area contributed by atoms with Gasteiger partial charge in [-0.3, -0.25) is 4.79 Å². The van der Waals surface area contributed by atoms with Crippen molar-refractivity contribution in [3.63, 3.8) is 0 Å². The zero-order chi connectivity index (χ0) is 11.8. The number of thiol groups is 1. The van der Waals surface area contributed by atoms with E-state index in [1.807, 2.05) is 11.8 Å². The number of thioether (sulfide) groups is 1. The second-order valence-electron chi connectivity index (χ2n) is 3.34. The van der Waals surface area contributed by atoms with Crippen LogP contribution >= 0.6 is 24.4 Å². The highest BCUT2D eigenvalue weighted by Gasteiger charge is 1.98. The Hall–Kier alpha value is -0.610. The molecule has 4 heteroatoms. The first kappa shape index (κ1) is 13.5. The van der Waals surface area contributed by atoms with Crippen molar-refractivity contribution in [3.8, 4) is 0 Å². The summed E-state index contributed by atoms with van der Waals surface area (Å²) in [7, 11) is 0. The van der Waals surface area contributed by atoms with Gasteiger partial charge in [-0.15, -0.1) is 11.8 Å². The number of carbonyl (C=O) groups is 1. The molecule has 88 valence electrons. The van der Waals surface area contributed by atoms with Gasteiger partial charge in [0.1, 0.15) is 0 Å². The van der Waals surface area contributed by atoms with Crippen LogP contribution in [0.4, 0.5) is 0 Å². The van der Waals surface area contributed by atoms with Crippen LogP contribution in [0.15, 0.2) is 29.2 Å². The fourth-order valence-electron chi connectivity index (χ4n) is 1.32. The lowest BCUT2D eigenvalue weighted by molar-refractivity contribution is -0.118. The molecule has 0 aliphatic rings. The Morgan fingerprint density at radius 3 is 2.62 bits per heavy atom. The normalized spacial score (nSPS) is 10.1. The van der Waals surface area contributed by atoms with Crippen molar-refractivity contribution in [2.45, 2.75) is 18.2 Å². The van der Waals surface area contributed by atoms with Gasteiger partial charge in [0, 0.05) is 11.4 Å². The number of rotatable bonds is 6. The summed E-state index contributed by atoms with van der Waals surface area (Å²) in [4.78, 5) is 12.2. The van der Waals surface area contributed by atoms with Gasteiger partial charge in [-0.25, -0.2) is 0 Å². The maximum atomic E-state index is 11.0. The molecule has 2 nitrogen and oxygen atoms in total. The van der Waals surface area contributed by atoms with Gasteiger partial charge >= 0.3 is 0 Å². The van der Waals surface area contributed by atoms with Crippen molar-refractivity contribution in [1.29, 1.82) is 0 Å². The Bertz CT molecular complexity index is 324. The van der Waals surface area contributed by atoms with Crippen LogP contribution in [0.3, 0.4) is 0 Å². The molecule has 1 N–H and O–H groups in total. The molecule has 1 aromatic carbocycles. The number of hydrogen-bond acceptors (Lipinski definition) is 3. The molecule has 0 spiro atoms. The smallest absolute Gasteiger partial charge is 0.229 e. The monoisotopic (exact) mass is 255 g/mol. The molecule has 16 heavy (non-hydrogen) atoms. The molecule has 1 aromatic rings. The van der Waals surface area contributed by atoms with Crippen molar-refractivity contribution in [1.82, 2.24) is 5.32 Å². The first-order valence-corrected chi connectivity index (χ1v) is 6.97. The minimum absolute atomic E-state index is 0.0125. The zero-order valence-corrected chi connectivity index (χ0v) is 11.1. The predicted octanol–water partition coefficient (Wildman–Crippen LogP) is 2.39. The fraction of sp³-hybridized carbons (Fsp3) is 0.417. The number of amides is 1. The van der Waals surface area contributed by atoms with Gasteiger partial charge in [0.2, 0.25) is 5.91 Å². The molecular weight excluding hydrogens is 238 g/mol. The molecule has 0 aliphatic heterocycles. The van der Waals surface area contributed by atoms with Gasteiger partial charge in [0.05, 0.1) is 5.75 Å². The lowest BCUT2D eigenvalue weighted by atomic mass is 10.1. The van der Waals surface area contributed by atoms with E-state index in [9.17, 15) is 4.79 Å². The average Bonchev–Trinajstić information content (AvgIpc) is 2.31. The Morgan fingerprint density at radius 2 is 2.06 bits per heavy atom. The minimum Gasteiger partial charge on any atom is -0.355 e. The molecule has 1 rings (SSSR count). The average molecular weight is 255 g/mol. The quantitative estimate of drug-likeness (QED) is 0.604. The molecule has 0 aromatic heterocycles. The molecule has 1 amide bonds. The topological polar surface area (TPSA) is 29.1 Å². The lowest BCUT2D eigenvalue weighted by Gasteiger charge is -2.04. The predicted molar refractivity (Wildman–Crippen MR) is 73.4 cm³/mol. The maximum Gasteiger partial charge on any atom is 0.229 e. The Balaban J connectivity index is 2.34. The van der Waals surface area contributed by atoms with Gasteiger partial charge in [-0.05, 0) is 29.9 Å². The molecule has 0 fully saturated rings. The Morgan fingerprint density at radius 1 is 1.38 bits per heavy atom. The minimum atomic E-state index is -0.0125. The third-order valence-corrected chi connectivity index (χ3v) is 3.30. The summed E-state index contributed by atoms with van der Waals surface area (Å²) < 4.78 is 0. The van der Waals surface area contributed by atoms with Crippen LogP contribution in [0.25, 0.3) is 0 Å². The number of carbonyl (C=O) groups excluding carboxylic acids is 1. The highest BCUT2D eigenvalue weighted by Crippen LogP contribution is 2.17. The first-order chi connectivity index (χ1) is 7.76. The molecule has 0 atom stereocenters. The van der Waals surface area contributed by atoms with E-state index >= 15 is 0 Å². The van der Waals surface area contributed by atoms with Crippen molar-refractivity contribution < 1.29 is 4.79 Å². The second kappa shape index (κ2) is 7.63. The summed E-state index contributed by atoms with van der Waals surface area (Å²) in [5.74, 6) is 1.34. The summed E-state index contributed by atoms with van der Waals surface area (Å²) in [5.41, 5.74) is 1.25. The van der Waals surface area contributed by atoms with Crippen molar-refractivity contribution in [2.75, 3.05) is 18.1 Å². The van der Waals surface area contributed by atoms with Crippen LogP contribution in [0.1, 0.15) is 12.5 Å². The number of nitrogens with one attached hydrogen (secondary N) is 1. The summed E-state index contributed by atoms with van der Waals surface area (Å²) in [5, 5.41) is 2.80. The van der Waals surface area contributed by atoms with E-state index < -0.39 is 0 Å². The highest BCUT2D eigenvalue weighted by molar-refractivity contribution is 7.99. The van der Waals surface area contributed by atoms with E-state index in [0.717, 1.165) is 12.2 Å². The Labute approximate surface area is 107 Å². The fourth-order valence-corrected chi connectivity index (χ4v) is 2.09. The van der Waals surface area contributed by atoms with Crippen LogP contribution in [0.2, 0.25) is 0 Å². The van der Waals surface area contributed by atoms with Crippen LogP contribution in [-0.2, 0) is 11.2 Å². The zero-order valence-electron chi connectivity index (χ0n) is 9.40. The number of benzene rings is 1. The molecule has 0 saturated carbocycles. The molecule has 0 radical (unpaired) electrons. The standard InChI is InChI=1S/C12H17NOS2/c1-2-16-11-5-3-10(4-6-11)7-8-13-12(14)9-15/h3-6,15H,2,7-9H2,1H3,(H,13,14). The van der Waals surface area contributed by atoms with Crippen LogP contribution in [0, 0.1) is 0 Å². The van der Waals surface area contributed by atoms with Crippen molar-refractivity contribution in [2.24, 2.45) is 0 Å². The molecular formula is C12H17NOS2. The van der Waals surface area contributed by atoms with Gasteiger partial charge in [0.25, 0.3) is 0 Å². The molecule has 0 heterocycles. The lowest BCUT2D eigenvalue weighted by Crippen LogP contribution is -2.26. The molecule has 0 bridgehead atoms. The third kappa shape index (κ3) is 4.94. The van der Waals surface area contributed by atoms with E-state index in [4.69, 9.17) is 0 Å². The molecule has 0 unspecified atom stereocenters. The molecule has 0 saturated heterocycles. The van der Waals surface area contributed by atoms with Gasteiger partial charge in [0.15, 0.2) is 0 Å². The molecule has 0 aliphatic carbocycles. The largest absolute Gasteiger partial charge is 0.355 e. The van der Waals surface area contributed by atoms with Gasteiger partial charge < -0.3 is 5.32 Å². The summed E-state index contributed by atoms with van der Waals surface area (Å²) in [6.07, 6.45) is 0.872. The van der Waals surface area contributed by atoms with Crippen LogP contribution < -0.4 is 5.32 Å². The maximum absolute atomic E-state index is 11.0. The highest BCUT2D eigenvalue weighted by atomic mass is 32.2. The summed E-state index contributed by atoms with van der Waals surface area (Å²) in [6, 6.07) is 8.49.